The van der Waals surface area contributed by atoms with E-state index < -0.39 is 0 Å². The minimum atomic E-state index is 0.929. The van der Waals surface area contributed by atoms with Crippen LogP contribution in [0.15, 0.2) is 303 Å². The Labute approximate surface area is 440 Å². The van der Waals surface area contributed by atoms with E-state index in [1.807, 2.05) is 24.4 Å². The number of para-hydroxylation sites is 3. The second-order valence-electron chi connectivity index (χ2n) is 19.0. The van der Waals surface area contributed by atoms with Crippen molar-refractivity contribution in [3.8, 4) is 50.2 Å². The van der Waals surface area contributed by atoms with Gasteiger partial charge in [0.25, 0.3) is 0 Å². The van der Waals surface area contributed by atoms with Gasteiger partial charge in [-0.05, 0) is 165 Å². The molecule has 3 nitrogen and oxygen atoms in total. The van der Waals surface area contributed by atoms with Crippen LogP contribution in [-0.4, -0.2) is 4.57 Å². The fourth-order valence-electron chi connectivity index (χ4n) is 10.3. The number of anilines is 4. The van der Waals surface area contributed by atoms with Gasteiger partial charge in [-0.15, -0.1) is 0 Å². The summed E-state index contributed by atoms with van der Waals surface area (Å²) in [6, 6.07) is 103. The van der Waals surface area contributed by atoms with E-state index in [-0.39, 0.29) is 0 Å². The van der Waals surface area contributed by atoms with Crippen molar-refractivity contribution in [3.05, 3.63) is 315 Å². The van der Waals surface area contributed by atoms with Crippen LogP contribution >= 0.6 is 0 Å². The number of nitrogens with zero attached hydrogens (tertiary/aromatic N) is 2. The summed E-state index contributed by atoms with van der Waals surface area (Å²) in [5.74, 6) is 0. The average molecular weight is 962 g/mol. The molecular formula is C72H55N3. The molecule has 0 unspecified atom stereocenters. The maximum atomic E-state index is 3.41. The van der Waals surface area contributed by atoms with E-state index in [2.05, 4.69) is 294 Å². The monoisotopic (exact) mass is 961 g/mol. The van der Waals surface area contributed by atoms with E-state index in [9.17, 15) is 0 Å². The summed E-state index contributed by atoms with van der Waals surface area (Å²) in [5.41, 5.74) is 21.3. The lowest BCUT2D eigenvalue weighted by Crippen LogP contribution is -2.09. The molecule has 12 rings (SSSR count). The van der Waals surface area contributed by atoms with E-state index in [0.717, 1.165) is 41.3 Å². The van der Waals surface area contributed by atoms with Crippen molar-refractivity contribution >= 4 is 50.1 Å². The van der Waals surface area contributed by atoms with Gasteiger partial charge in [-0.2, -0.15) is 0 Å². The molecule has 0 fully saturated rings. The topological polar surface area (TPSA) is 20.2 Å². The minimum absolute atomic E-state index is 0.929. The molecule has 1 aromatic heterocycles. The van der Waals surface area contributed by atoms with Gasteiger partial charge in [-0.25, -0.2) is 0 Å². The molecule has 12 aromatic rings. The maximum Gasteiger partial charge on any atom is 0.0541 e. The van der Waals surface area contributed by atoms with Gasteiger partial charge < -0.3 is 14.8 Å². The first-order chi connectivity index (χ1) is 37.2. The molecule has 0 aliphatic carbocycles. The number of fused-ring (bicyclic) bond motifs is 3. The average Bonchev–Trinajstić information content (AvgIpc) is 3.82. The molecule has 0 saturated heterocycles. The Hall–Kier alpha value is -9.70. The van der Waals surface area contributed by atoms with E-state index in [1.165, 1.54) is 83.0 Å². The Morgan fingerprint density at radius 3 is 1.31 bits per heavy atom. The number of hydrogen-bond acceptors (Lipinski definition) is 2. The highest BCUT2D eigenvalue weighted by Gasteiger charge is 2.17. The van der Waals surface area contributed by atoms with Crippen LogP contribution < -0.4 is 10.2 Å². The molecule has 0 bridgehead atoms. The molecule has 1 heterocycles. The second-order valence-corrected chi connectivity index (χ2v) is 19.0. The lowest BCUT2D eigenvalue weighted by Gasteiger charge is -2.25. The number of nitrogens with one attached hydrogen (secondary N) is 1. The Morgan fingerprint density at radius 1 is 0.373 bits per heavy atom. The number of aromatic nitrogens is 1. The van der Waals surface area contributed by atoms with Gasteiger partial charge in [0.1, 0.15) is 0 Å². The molecular weight excluding hydrogens is 907 g/mol. The summed E-state index contributed by atoms with van der Waals surface area (Å²) in [5, 5.41) is 5.85. The van der Waals surface area contributed by atoms with Crippen molar-refractivity contribution in [1.82, 2.24) is 4.57 Å². The Bertz CT molecular complexity index is 3840. The van der Waals surface area contributed by atoms with E-state index >= 15 is 0 Å². The molecule has 11 aromatic carbocycles. The third-order valence-corrected chi connectivity index (χ3v) is 14.2. The zero-order chi connectivity index (χ0) is 50.2. The molecule has 0 aliphatic rings. The molecule has 3 heteroatoms. The number of allylic oxidation sites excluding steroid dienone is 3. The van der Waals surface area contributed by atoms with Gasteiger partial charge in [0, 0.05) is 45.4 Å². The maximum absolute atomic E-state index is 3.41. The van der Waals surface area contributed by atoms with Crippen molar-refractivity contribution in [2.75, 3.05) is 10.2 Å². The lowest BCUT2D eigenvalue weighted by atomic mass is 9.95. The normalized spacial score (nSPS) is 11.6. The standard InChI is InChI=1S/C72H55N3/c1-6-17-53(18-7-1)28-29-55(21-16-50-73-64-22-10-3-11-23-64)56-30-34-60(35-31-56)62-42-48-71-69(51-62)70-52-63(43-49-72(70)75(71)68-46-40-58(41-47-68)54-19-8-2-9-20-54)61-36-32-57(33-37-61)59-38-44-67(45-39-59)74(65-24-12-4-13-25-65)66-26-14-5-15-27-66/h1-27,30-52,73H,28-29H2/b50-16+,55-21+. The summed E-state index contributed by atoms with van der Waals surface area (Å²) in [4.78, 5) is 2.30. The molecule has 0 spiro atoms. The molecule has 358 valence electrons. The smallest absolute Gasteiger partial charge is 0.0541 e. The number of benzene rings is 11. The van der Waals surface area contributed by atoms with Crippen LogP contribution in [0, 0.1) is 0 Å². The van der Waals surface area contributed by atoms with Crippen molar-refractivity contribution < 1.29 is 0 Å². The first kappa shape index (κ1) is 46.4. The highest BCUT2D eigenvalue weighted by molar-refractivity contribution is 6.11. The summed E-state index contributed by atoms with van der Waals surface area (Å²) in [6.07, 6.45) is 8.28. The summed E-state index contributed by atoms with van der Waals surface area (Å²) < 4.78 is 2.42. The van der Waals surface area contributed by atoms with E-state index in [1.54, 1.807) is 0 Å². The van der Waals surface area contributed by atoms with Crippen LogP contribution in [0.3, 0.4) is 0 Å². The van der Waals surface area contributed by atoms with Crippen LogP contribution in [0.2, 0.25) is 0 Å². The molecule has 0 atom stereocenters. The predicted molar refractivity (Wildman–Crippen MR) is 319 cm³/mol. The lowest BCUT2D eigenvalue weighted by molar-refractivity contribution is 1.02. The zero-order valence-corrected chi connectivity index (χ0v) is 41.7. The number of rotatable bonds is 15. The van der Waals surface area contributed by atoms with Crippen LogP contribution in [0.5, 0.6) is 0 Å². The van der Waals surface area contributed by atoms with E-state index in [0.29, 0.717) is 0 Å². The largest absolute Gasteiger partial charge is 0.362 e. The fraction of sp³-hybridized carbons (Fsp3) is 0.0278. The molecule has 1 N–H and O–H groups in total. The third kappa shape index (κ3) is 10.2. The molecule has 0 saturated carbocycles. The molecule has 0 aliphatic heterocycles. The molecule has 0 amide bonds. The van der Waals surface area contributed by atoms with Crippen molar-refractivity contribution in [2.24, 2.45) is 0 Å². The fourth-order valence-corrected chi connectivity index (χ4v) is 10.3. The Balaban J connectivity index is 0.871. The number of hydrogen-bond donors (Lipinski definition) is 1. The van der Waals surface area contributed by atoms with Gasteiger partial charge in [-0.1, -0.05) is 206 Å². The van der Waals surface area contributed by atoms with Crippen LogP contribution in [0.25, 0.3) is 77.6 Å². The molecule has 75 heavy (non-hydrogen) atoms. The van der Waals surface area contributed by atoms with Gasteiger partial charge in [0.05, 0.1) is 11.0 Å². The Kier molecular flexibility index (Phi) is 13.3. The van der Waals surface area contributed by atoms with Crippen LogP contribution in [-0.2, 0) is 6.42 Å². The van der Waals surface area contributed by atoms with Crippen molar-refractivity contribution in [3.63, 3.8) is 0 Å². The summed E-state index contributed by atoms with van der Waals surface area (Å²) in [6.45, 7) is 0. The first-order valence-corrected chi connectivity index (χ1v) is 25.9. The SMILES string of the molecule is C(=C\Nc1ccccc1)/C=C(\CCc1ccccc1)c1ccc(-c2ccc3c(c2)c2cc(-c4ccc(-c5ccc(N(c6ccccc6)c6ccccc6)cc5)cc4)ccc2n3-c2ccc(-c3ccccc3)cc2)cc1. The number of aryl methyl sites for hydroxylation is 1. The predicted octanol–water partition coefficient (Wildman–Crippen LogP) is 19.6. The van der Waals surface area contributed by atoms with Gasteiger partial charge in [-0.3, -0.25) is 0 Å². The highest BCUT2D eigenvalue weighted by Crippen LogP contribution is 2.40. The van der Waals surface area contributed by atoms with Crippen LogP contribution in [0.4, 0.5) is 22.7 Å². The quantitative estimate of drug-likeness (QED) is 0.103. The van der Waals surface area contributed by atoms with Crippen molar-refractivity contribution in [1.29, 1.82) is 0 Å². The van der Waals surface area contributed by atoms with Gasteiger partial charge >= 0.3 is 0 Å². The van der Waals surface area contributed by atoms with Gasteiger partial charge in [0.2, 0.25) is 0 Å². The van der Waals surface area contributed by atoms with Crippen LogP contribution in [0.1, 0.15) is 17.5 Å². The third-order valence-electron chi connectivity index (χ3n) is 14.2. The highest BCUT2D eigenvalue weighted by atomic mass is 15.1. The molecule has 0 radical (unpaired) electrons. The minimum Gasteiger partial charge on any atom is -0.362 e. The van der Waals surface area contributed by atoms with Gasteiger partial charge in [0.15, 0.2) is 0 Å². The summed E-state index contributed by atoms with van der Waals surface area (Å²) in [7, 11) is 0. The van der Waals surface area contributed by atoms with Crippen molar-refractivity contribution in [2.45, 2.75) is 12.8 Å². The zero-order valence-electron chi connectivity index (χ0n) is 41.7. The summed E-state index contributed by atoms with van der Waals surface area (Å²) >= 11 is 0. The first-order valence-electron chi connectivity index (χ1n) is 25.9. The second kappa shape index (κ2) is 21.6. The van der Waals surface area contributed by atoms with E-state index in [4.69, 9.17) is 0 Å². The Morgan fingerprint density at radius 2 is 0.773 bits per heavy atom.